The number of benzene rings is 1. The Balaban J connectivity index is 1.89. The van der Waals surface area contributed by atoms with Gasteiger partial charge in [0.05, 0.1) is 13.2 Å². The van der Waals surface area contributed by atoms with Crippen LogP contribution >= 0.6 is 0 Å². The van der Waals surface area contributed by atoms with E-state index in [-0.39, 0.29) is 6.61 Å². The van der Waals surface area contributed by atoms with Crippen LogP contribution in [0.5, 0.6) is 5.75 Å². The van der Waals surface area contributed by atoms with Crippen LogP contribution in [-0.4, -0.2) is 48.5 Å². The van der Waals surface area contributed by atoms with Crippen LogP contribution in [0.1, 0.15) is 11.7 Å². The Morgan fingerprint density at radius 3 is 2.88 bits per heavy atom. The second-order valence-corrected chi connectivity index (χ2v) is 4.56. The molecule has 0 bridgehead atoms. The number of aliphatic hydroxyl groups is 2. The van der Waals surface area contributed by atoms with E-state index in [0.29, 0.717) is 12.5 Å². The molecule has 4 heteroatoms. The molecule has 1 aromatic carbocycles. The topological polar surface area (TPSA) is 52.9 Å². The van der Waals surface area contributed by atoms with Crippen molar-refractivity contribution in [3.05, 3.63) is 29.8 Å². The highest BCUT2D eigenvalue weighted by Gasteiger charge is 2.27. The largest absolute Gasteiger partial charge is 0.497 e. The summed E-state index contributed by atoms with van der Waals surface area (Å²) in [4.78, 5) is 2.14. The highest BCUT2D eigenvalue weighted by molar-refractivity contribution is 5.29. The van der Waals surface area contributed by atoms with Crippen molar-refractivity contribution in [3.63, 3.8) is 0 Å². The Labute approximate surface area is 101 Å². The van der Waals surface area contributed by atoms with Crippen molar-refractivity contribution in [2.24, 2.45) is 5.92 Å². The van der Waals surface area contributed by atoms with Gasteiger partial charge in [0.1, 0.15) is 5.75 Å². The molecular weight excluding hydrogens is 218 g/mol. The van der Waals surface area contributed by atoms with Crippen LogP contribution in [0.25, 0.3) is 0 Å². The molecule has 0 spiro atoms. The molecule has 1 heterocycles. The first-order valence-corrected chi connectivity index (χ1v) is 5.88. The van der Waals surface area contributed by atoms with Crippen LogP contribution in [0.15, 0.2) is 24.3 Å². The fourth-order valence-electron chi connectivity index (χ4n) is 2.14. The number of aliphatic hydroxyl groups excluding tert-OH is 2. The second-order valence-electron chi connectivity index (χ2n) is 4.56. The van der Waals surface area contributed by atoms with Crippen molar-refractivity contribution in [2.45, 2.75) is 6.10 Å². The van der Waals surface area contributed by atoms with E-state index in [1.807, 2.05) is 24.3 Å². The lowest BCUT2D eigenvalue weighted by Crippen LogP contribution is -2.49. The number of rotatable bonds is 5. The maximum absolute atomic E-state index is 10.1. The fraction of sp³-hybridized carbons (Fsp3) is 0.538. The Kier molecular flexibility index (Phi) is 3.99. The maximum atomic E-state index is 10.1. The molecule has 1 aliphatic rings. The molecule has 0 radical (unpaired) electrons. The smallest absolute Gasteiger partial charge is 0.119 e. The second kappa shape index (κ2) is 5.49. The molecule has 0 aliphatic carbocycles. The van der Waals surface area contributed by atoms with Crippen molar-refractivity contribution in [1.29, 1.82) is 0 Å². The summed E-state index contributed by atoms with van der Waals surface area (Å²) in [6.45, 7) is 2.60. The number of hydrogen-bond donors (Lipinski definition) is 2. The molecule has 1 fully saturated rings. The standard InChI is InChI=1S/C13H19NO3/c1-17-12-4-2-3-11(5-12)13(16)8-14-6-10(7-14)9-15/h2-5,10,13,15-16H,6-9H2,1H3. The van der Waals surface area contributed by atoms with Crippen molar-refractivity contribution in [1.82, 2.24) is 4.90 Å². The maximum Gasteiger partial charge on any atom is 0.119 e. The lowest BCUT2D eigenvalue weighted by Gasteiger charge is -2.39. The average Bonchev–Trinajstić information content (AvgIpc) is 2.33. The number of hydrogen-bond acceptors (Lipinski definition) is 4. The number of ether oxygens (including phenoxy) is 1. The molecule has 1 saturated heterocycles. The van der Waals surface area contributed by atoms with Gasteiger partial charge in [-0.1, -0.05) is 12.1 Å². The zero-order valence-electron chi connectivity index (χ0n) is 10.0. The van der Waals surface area contributed by atoms with E-state index in [0.717, 1.165) is 24.4 Å². The summed E-state index contributed by atoms with van der Waals surface area (Å²) in [5.74, 6) is 1.14. The van der Waals surface area contributed by atoms with Crippen LogP contribution in [0, 0.1) is 5.92 Å². The summed E-state index contributed by atoms with van der Waals surface area (Å²) in [5.41, 5.74) is 0.872. The fourth-order valence-corrected chi connectivity index (χ4v) is 2.14. The first-order chi connectivity index (χ1) is 8.22. The SMILES string of the molecule is COc1cccc(C(O)CN2CC(CO)C2)c1. The van der Waals surface area contributed by atoms with Gasteiger partial charge in [0.2, 0.25) is 0 Å². The molecular formula is C13H19NO3. The Morgan fingerprint density at radius 2 is 2.24 bits per heavy atom. The first kappa shape index (κ1) is 12.4. The van der Waals surface area contributed by atoms with Gasteiger partial charge >= 0.3 is 0 Å². The van der Waals surface area contributed by atoms with Gasteiger partial charge in [-0.3, -0.25) is 4.90 Å². The van der Waals surface area contributed by atoms with Crippen LogP contribution in [0.4, 0.5) is 0 Å². The Bertz CT molecular complexity index is 363. The lowest BCUT2D eigenvalue weighted by atomic mass is 9.99. The van der Waals surface area contributed by atoms with Gasteiger partial charge in [0, 0.05) is 32.2 Å². The predicted molar refractivity (Wildman–Crippen MR) is 65.0 cm³/mol. The van der Waals surface area contributed by atoms with Crippen LogP contribution in [-0.2, 0) is 0 Å². The zero-order chi connectivity index (χ0) is 12.3. The molecule has 1 aliphatic heterocycles. The molecule has 1 atom stereocenters. The predicted octanol–water partition coefficient (Wildman–Crippen LogP) is 0.653. The third-order valence-corrected chi connectivity index (χ3v) is 3.20. The van der Waals surface area contributed by atoms with E-state index >= 15 is 0 Å². The van der Waals surface area contributed by atoms with Crippen LogP contribution in [0.3, 0.4) is 0 Å². The van der Waals surface area contributed by atoms with Gasteiger partial charge in [0.15, 0.2) is 0 Å². The molecule has 0 aromatic heterocycles. The summed E-state index contributed by atoms with van der Waals surface area (Å²) in [6, 6.07) is 7.50. The van der Waals surface area contributed by atoms with Gasteiger partial charge in [-0.2, -0.15) is 0 Å². The molecule has 2 rings (SSSR count). The van der Waals surface area contributed by atoms with Gasteiger partial charge in [-0.25, -0.2) is 0 Å². The van der Waals surface area contributed by atoms with Crippen LogP contribution in [0.2, 0.25) is 0 Å². The highest BCUT2D eigenvalue weighted by Crippen LogP contribution is 2.23. The van der Waals surface area contributed by atoms with Gasteiger partial charge < -0.3 is 14.9 Å². The molecule has 17 heavy (non-hydrogen) atoms. The molecule has 1 aromatic rings. The minimum atomic E-state index is -0.496. The summed E-state index contributed by atoms with van der Waals surface area (Å²) in [6.07, 6.45) is -0.496. The molecule has 2 N–H and O–H groups in total. The molecule has 0 amide bonds. The molecule has 1 unspecified atom stereocenters. The van der Waals surface area contributed by atoms with E-state index in [2.05, 4.69) is 4.90 Å². The van der Waals surface area contributed by atoms with E-state index in [1.165, 1.54) is 0 Å². The lowest BCUT2D eigenvalue weighted by molar-refractivity contribution is 0.0154. The number of methoxy groups -OCH3 is 1. The first-order valence-electron chi connectivity index (χ1n) is 5.88. The third kappa shape index (κ3) is 2.97. The minimum absolute atomic E-state index is 0.242. The van der Waals surface area contributed by atoms with Gasteiger partial charge in [-0.15, -0.1) is 0 Å². The van der Waals surface area contributed by atoms with Gasteiger partial charge in [0.25, 0.3) is 0 Å². The highest BCUT2D eigenvalue weighted by atomic mass is 16.5. The summed E-state index contributed by atoms with van der Waals surface area (Å²) >= 11 is 0. The van der Waals surface area contributed by atoms with Crippen LogP contribution < -0.4 is 4.74 Å². The molecule has 4 nitrogen and oxygen atoms in total. The average molecular weight is 237 g/mol. The van der Waals surface area contributed by atoms with Crippen molar-refractivity contribution in [3.8, 4) is 5.75 Å². The van der Waals surface area contributed by atoms with Gasteiger partial charge in [-0.05, 0) is 17.7 Å². The molecule has 94 valence electrons. The normalized spacial score (nSPS) is 18.8. The molecule has 0 saturated carbocycles. The van der Waals surface area contributed by atoms with Crippen molar-refractivity contribution < 1.29 is 14.9 Å². The van der Waals surface area contributed by atoms with Crippen molar-refractivity contribution >= 4 is 0 Å². The van der Waals surface area contributed by atoms with E-state index < -0.39 is 6.10 Å². The summed E-state index contributed by atoms with van der Waals surface area (Å²) in [7, 11) is 1.62. The van der Waals surface area contributed by atoms with Crippen molar-refractivity contribution in [2.75, 3.05) is 33.4 Å². The Morgan fingerprint density at radius 1 is 1.47 bits per heavy atom. The Hall–Kier alpha value is -1.10. The van der Waals surface area contributed by atoms with E-state index in [1.54, 1.807) is 7.11 Å². The van der Waals surface area contributed by atoms with E-state index in [9.17, 15) is 5.11 Å². The quantitative estimate of drug-likeness (QED) is 0.789. The summed E-state index contributed by atoms with van der Waals surface area (Å²) in [5, 5.41) is 19.0. The number of β-amino-alcohol motifs (C(OH)–C–C–N with tert-alkyl or cyclic N) is 1. The minimum Gasteiger partial charge on any atom is -0.497 e. The number of nitrogens with zero attached hydrogens (tertiary/aromatic N) is 1. The monoisotopic (exact) mass is 237 g/mol. The zero-order valence-corrected chi connectivity index (χ0v) is 10.0. The third-order valence-electron chi connectivity index (χ3n) is 3.20. The van der Waals surface area contributed by atoms with E-state index in [4.69, 9.17) is 9.84 Å². The summed E-state index contributed by atoms with van der Waals surface area (Å²) < 4.78 is 5.13. The number of likely N-dealkylation sites (tertiary alicyclic amines) is 1.